The van der Waals surface area contributed by atoms with Gasteiger partial charge in [-0.3, -0.25) is 0 Å². The van der Waals surface area contributed by atoms with Gasteiger partial charge in [-0.05, 0) is 85.7 Å². The molecule has 308 valence electrons. The monoisotopic (exact) mass is 858 g/mol. The van der Waals surface area contributed by atoms with Crippen LogP contribution in [0.4, 0.5) is 0 Å². The fourth-order valence-corrected chi connectivity index (χ4v) is 11.7. The summed E-state index contributed by atoms with van der Waals surface area (Å²) in [5.74, 6) is 1.48. The summed E-state index contributed by atoms with van der Waals surface area (Å²) in [6.07, 6.45) is -0.387. The highest BCUT2D eigenvalue weighted by molar-refractivity contribution is 7.25. The van der Waals surface area contributed by atoms with E-state index in [9.17, 15) is 0 Å². The second kappa shape index (κ2) is 14.6. The first kappa shape index (κ1) is 37.0. The van der Waals surface area contributed by atoms with Crippen LogP contribution in [-0.4, -0.2) is 16.2 Å². The Morgan fingerprint density at radius 3 is 1.88 bits per heavy atom. The van der Waals surface area contributed by atoms with Gasteiger partial charge >= 0.3 is 0 Å². The molecular formula is C61H38N4S. The van der Waals surface area contributed by atoms with Crippen molar-refractivity contribution in [2.75, 3.05) is 0 Å². The van der Waals surface area contributed by atoms with E-state index in [4.69, 9.17) is 9.98 Å². The molecule has 0 amide bonds. The van der Waals surface area contributed by atoms with E-state index >= 15 is 0 Å². The van der Waals surface area contributed by atoms with Gasteiger partial charge in [0.2, 0.25) is 0 Å². The second-order valence-electron chi connectivity index (χ2n) is 17.3. The van der Waals surface area contributed by atoms with Crippen molar-refractivity contribution in [3.63, 3.8) is 0 Å². The van der Waals surface area contributed by atoms with Gasteiger partial charge in [0.25, 0.3) is 0 Å². The van der Waals surface area contributed by atoms with Gasteiger partial charge in [0, 0.05) is 58.6 Å². The number of rotatable bonds is 5. The molecule has 1 aliphatic rings. The number of aliphatic imine (C=N–C) groups is 2. The number of fused-ring (bicyclic) bond motifs is 11. The number of benzene rings is 11. The molecule has 2 aromatic heterocycles. The van der Waals surface area contributed by atoms with Crippen LogP contribution in [-0.2, 0) is 0 Å². The Morgan fingerprint density at radius 2 is 1.05 bits per heavy atom. The van der Waals surface area contributed by atoms with Crippen molar-refractivity contribution in [2.24, 2.45) is 9.98 Å². The zero-order valence-corrected chi connectivity index (χ0v) is 36.4. The zero-order chi connectivity index (χ0) is 43.3. The summed E-state index contributed by atoms with van der Waals surface area (Å²) in [5.41, 5.74) is 8.86. The summed E-state index contributed by atoms with van der Waals surface area (Å²) in [6.45, 7) is 0. The molecular weight excluding hydrogens is 821 g/mol. The molecule has 0 bridgehead atoms. The van der Waals surface area contributed by atoms with Crippen LogP contribution in [0, 0.1) is 0 Å². The number of amidine groups is 2. The maximum absolute atomic E-state index is 5.55. The van der Waals surface area contributed by atoms with Crippen molar-refractivity contribution in [2.45, 2.75) is 6.17 Å². The molecule has 1 aliphatic heterocycles. The van der Waals surface area contributed by atoms with Gasteiger partial charge in [0.15, 0.2) is 5.84 Å². The summed E-state index contributed by atoms with van der Waals surface area (Å²) < 4.78 is 5.06. The molecule has 13 aromatic rings. The molecule has 4 nitrogen and oxygen atoms in total. The second-order valence-corrected chi connectivity index (χ2v) is 18.4. The number of thiophene rings is 1. The maximum Gasteiger partial charge on any atom is 0.159 e. The molecule has 1 atom stereocenters. The number of aromatic nitrogens is 1. The van der Waals surface area contributed by atoms with Crippen LogP contribution in [0.3, 0.4) is 0 Å². The third-order valence-electron chi connectivity index (χ3n) is 13.6. The van der Waals surface area contributed by atoms with E-state index in [2.05, 4.69) is 228 Å². The first-order valence-corrected chi connectivity index (χ1v) is 23.3. The Kier molecular flexibility index (Phi) is 8.18. The first-order chi connectivity index (χ1) is 32.7. The Morgan fingerprint density at radius 1 is 0.424 bits per heavy atom. The average Bonchev–Trinajstić information content (AvgIpc) is 3.93. The average molecular weight is 859 g/mol. The van der Waals surface area contributed by atoms with E-state index in [1.807, 2.05) is 11.3 Å². The van der Waals surface area contributed by atoms with E-state index in [1.54, 1.807) is 0 Å². The molecule has 1 unspecified atom stereocenters. The van der Waals surface area contributed by atoms with Crippen molar-refractivity contribution in [1.82, 2.24) is 9.88 Å². The summed E-state index contributed by atoms with van der Waals surface area (Å²) in [7, 11) is 0. The van der Waals surface area contributed by atoms with Crippen LogP contribution in [0.2, 0.25) is 0 Å². The van der Waals surface area contributed by atoms with Crippen molar-refractivity contribution in [3.8, 4) is 16.8 Å². The topological polar surface area (TPSA) is 41.7 Å². The molecule has 0 aliphatic carbocycles. The lowest BCUT2D eigenvalue weighted by molar-refractivity contribution is 0.680. The highest BCUT2D eigenvalue weighted by atomic mass is 32.1. The standard InChI is InChI=1S/C61H38N4S/c1-2-18-41-36-54-52(34-40(41)17-1)47-32-30-39-16-5-8-23-45(39)58(47)65(54)53-33-31-42(35-51(53)46-25-13-29-56-57(46)50-24-9-10-28-55(50)66-56)59-62-60(48-26-11-19-37-14-3-6-21-43(37)48)64-61(63-59)49-27-12-20-38-15-4-7-22-44(38)49/h1-36,60H,(H,62,63,64). The van der Waals surface area contributed by atoms with Crippen LogP contribution in [0.1, 0.15) is 22.9 Å². The number of hydrogen-bond donors (Lipinski definition) is 1. The molecule has 0 radical (unpaired) electrons. The van der Waals surface area contributed by atoms with Crippen LogP contribution in [0.25, 0.3) is 102 Å². The van der Waals surface area contributed by atoms with E-state index in [0.717, 1.165) is 44.5 Å². The minimum Gasteiger partial charge on any atom is -0.344 e. The predicted molar refractivity (Wildman–Crippen MR) is 281 cm³/mol. The van der Waals surface area contributed by atoms with E-state index in [0.29, 0.717) is 5.84 Å². The quantitative estimate of drug-likeness (QED) is 0.184. The van der Waals surface area contributed by atoms with Crippen LogP contribution in [0.5, 0.6) is 0 Å². The Bertz CT molecular complexity index is 4220. The predicted octanol–water partition coefficient (Wildman–Crippen LogP) is 15.9. The Hall–Kier alpha value is -8.38. The molecule has 14 rings (SSSR count). The highest BCUT2D eigenvalue weighted by Crippen LogP contribution is 2.45. The van der Waals surface area contributed by atoms with E-state index in [1.165, 1.54) is 79.9 Å². The smallest absolute Gasteiger partial charge is 0.159 e. The van der Waals surface area contributed by atoms with Crippen molar-refractivity contribution in [1.29, 1.82) is 0 Å². The molecule has 0 fully saturated rings. The molecule has 0 saturated heterocycles. The minimum atomic E-state index is -0.387. The minimum absolute atomic E-state index is 0.387. The van der Waals surface area contributed by atoms with Crippen LogP contribution < -0.4 is 5.32 Å². The molecule has 5 heteroatoms. The van der Waals surface area contributed by atoms with Crippen LogP contribution in [0.15, 0.2) is 228 Å². The van der Waals surface area contributed by atoms with Gasteiger partial charge in [-0.25, -0.2) is 9.98 Å². The largest absolute Gasteiger partial charge is 0.344 e. The van der Waals surface area contributed by atoms with Gasteiger partial charge in [0.1, 0.15) is 12.0 Å². The van der Waals surface area contributed by atoms with Gasteiger partial charge in [-0.2, -0.15) is 0 Å². The fourth-order valence-electron chi connectivity index (χ4n) is 10.6. The lowest BCUT2D eigenvalue weighted by Crippen LogP contribution is -2.33. The molecule has 3 heterocycles. The molecule has 66 heavy (non-hydrogen) atoms. The summed E-state index contributed by atoms with van der Waals surface area (Å²) in [4.78, 5) is 11.0. The first-order valence-electron chi connectivity index (χ1n) is 22.5. The fraction of sp³-hybridized carbons (Fsp3) is 0.0164. The molecule has 1 N–H and O–H groups in total. The number of nitrogens with one attached hydrogen (secondary N) is 1. The van der Waals surface area contributed by atoms with Gasteiger partial charge < -0.3 is 9.88 Å². The number of hydrogen-bond acceptors (Lipinski definition) is 4. The Balaban J connectivity index is 1.08. The van der Waals surface area contributed by atoms with Gasteiger partial charge in [-0.15, -0.1) is 11.3 Å². The lowest BCUT2D eigenvalue weighted by Gasteiger charge is -2.25. The molecule has 0 spiro atoms. The third kappa shape index (κ3) is 5.70. The maximum atomic E-state index is 5.55. The van der Waals surface area contributed by atoms with Gasteiger partial charge in [0.05, 0.1) is 16.7 Å². The van der Waals surface area contributed by atoms with Gasteiger partial charge in [-0.1, -0.05) is 176 Å². The molecule has 11 aromatic carbocycles. The van der Waals surface area contributed by atoms with Crippen molar-refractivity contribution < 1.29 is 0 Å². The molecule has 0 saturated carbocycles. The summed E-state index contributed by atoms with van der Waals surface area (Å²) in [5, 5.41) is 18.3. The van der Waals surface area contributed by atoms with E-state index in [-0.39, 0.29) is 6.17 Å². The summed E-state index contributed by atoms with van der Waals surface area (Å²) >= 11 is 1.85. The SMILES string of the molecule is c1ccc2cc3c(cc2c1)c1ccc2ccccc2c1n3-c1ccc(C2=NC(c3cccc4ccccc34)NC(c3cccc4ccccc34)=N2)cc1-c1cccc2sc3ccccc3c12. The number of nitrogens with zero attached hydrogens (tertiary/aromatic N) is 3. The van der Waals surface area contributed by atoms with Crippen molar-refractivity contribution in [3.05, 3.63) is 235 Å². The lowest BCUT2D eigenvalue weighted by atomic mass is 9.95. The Labute approximate surface area is 384 Å². The normalized spacial score (nSPS) is 14.2. The van der Waals surface area contributed by atoms with E-state index < -0.39 is 0 Å². The van der Waals surface area contributed by atoms with Crippen molar-refractivity contribution >= 4 is 108 Å². The van der Waals surface area contributed by atoms with Crippen LogP contribution >= 0.6 is 11.3 Å². The highest BCUT2D eigenvalue weighted by Gasteiger charge is 2.26. The summed E-state index contributed by atoms with van der Waals surface area (Å²) in [6, 6.07) is 79.5. The third-order valence-corrected chi connectivity index (χ3v) is 14.7. The zero-order valence-electron chi connectivity index (χ0n) is 35.6.